The molecule has 2 amide bonds. The molecule has 2 aromatic rings. The van der Waals surface area contributed by atoms with Crippen molar-refractivity contribution in [2.24, 2.45) is 0 Å². The number of urea groups is 1. The number of rotatable bonds is 2. The van der Waals surface area contributed by atoms with E-state index in [9.17, 15) is 9.18 Å². The Labute approximate surface area is 152 Å². The number of hydrogen-bond acceptors (Lipinski definition) is 2. The predicted octanol–water partition coefficient (Wildman–Crippen LogP) is 4.45. The van der Waals surface area contributed by atoms with E-state index >= 15 is 0 Å². The van der Waals surface area contributed by atoms with Gasteiger partial charge in [0, 0.05) is 37.6 Å². The molecule has 0 bridgehead atoms. The first kappa shape index (κ1) is 17.5. The highest BCUT2D eigenvalue weighted by molar-refractivity contribution is 6.31. The fraction of sp³-hybridized carbons (Fsp3) is 0.316. The van der Waals surface area contributed by atoms with Crippen LogP contribution in [0.15, 0.2) is 36.4 Å². The van der Waals surface area contributed by atoms with E-state index in [4.69, 9.17) is 11.6 Å². The Hall–Kier alpha value is -2.27. The minimum absolute atomic E-state index is 0.0921. The van der Waals surface area contributed by atoms with Crippen LogP contribution in [0.1, 0.15) is 11.1 Å². The lowest BCUT2D eigenvalue weighted by molar-refractivity contribution is 0.208. The Balaban J connectivity index is 1.60. The summed E-state index contributed by atoms with van der Waals surface area (Å²) in [4.78, 5) is 16.4. The van der Waals surface area contributed by atoms with Gasteiger partial charge in [-0.1, -0.05) is 23.7 Å². The molecule has 4 nitrogen and oxygen atoms in total. The fourth-order valence-corrected chi connectivity index (χ4v) is 3.11. The average Bonchev–Trinajstić information content (AvgIpc) is 2.61. The maximum absolute atomic E-state index is 13.3. The number of halogens is 2. The van der Waals surface area contributed by atoms with Crippen LogP contribution in [0, 0.1) is 19.7 Å². The summed E-state index contributed by atoms with van der Waals surface area (Å²) in [5.74, 6) is -0.419. The van der Waals surface area contributed by atoms with Gasteiger partial charge in [-0.15, -0.1) is 0 Å². The quantitative estimate of drug-likeness (QED) is 0.857. The molecule has 1 saturated heterocycles. The smallest absolute Gasteiger partial charge is 0.321 e. The topological polar surface area (TPSA) is 35.6 Å². The van der Waals surface area contributed by atoms with Crippen molar-refractivity contribution in [3.05, 3.63) is 58.4 Å². The number of aryl methyl sites for hydroxylation is 1. The van der Waals surface area contributed by atoms with Crippen LogP contribution in [0.2, 0.25) is 5.02 Å². The lowest BCUT2D eigenvalue weighted by atomic mass is 10.1. The predicted molar refractivity (Wildman–Crippen MR) is 100 cm³/mol. The summed E-state index contributed by atoms with van der Waals surface area (Å²) in [5, 5.41) is 3.11. The molecule has 2 aromatic carbocycles. The fourth-order valence-electron chi connectivity index (χ4n) is 2.93. The van der Waals surface area contributed by atoms with Crippen LogP contribution in [0.4, 0.5) is 20.6 Å². The number of amides is 2. The van der Waals surface area contributed by atoms with Gasteiger partial charge in [-0.2, -0.15) is 0 Å². The molecule has 0 radical (unpaired) electrons. The molecule has 1 fully saturated rings. The van der Waals surface area contributed by atoms with Crippen molar-refractivity contribution in [2.45, 2.75) is 13.8 Å². The molecule has 0 aromatic heterocycles. The number of carbonyl (C=O) groups is 1. The molecule has 3 rings (SSSR count). The number of nitrogens with one attached hydrogen (secondary N) is 1. The van der Waals surface area contributed by atoms with Crippen LogP contribution in [-0.2, 0) is 0 Å². The second-order valence-corrected chi connectivity index (χ2v) is 6.66. The van der Waals surface area contributed by atoms with Gasteiger partial charge in [0.25, 0.3) is 0 Å². The van der Waals surface area contributed by atoms with Crippen molar-refractivity contribution in [2.75, 3.05) is 36.4 Å². The number of anilines is 2. The summed E-state index contributed by atoms with van der Waals surface area (Å²) in [6.07, 6.45) is 0. The Kier molecular flexibility index (Phi) is 5.13. The minimum Gasteiger partial charge on any atom is -0.368 e. The van der Waals surface area contributed by atoms with Crippen LogP contribution >= 0.6 is 11.6 Å². The van der Waals surface area contributed by atoms with Crippen molar-refractivity contribution in [3.8, 4) is 0 Å². The van der Waals surface area contributed by atoms with Crippen molar-refractivity contribution < 1.29 is 9.18 Å². The van der Waals surface area contributed by atoms with Crippen LogP contribution in [0.3, 0.4) is 0 Å². The molecule has 25 heavy (non-hydrogen) atoms. The summed E-state index contributed by atoms with van der Waals surface area (Å²) in [5.41, 5.74) is 3.95. The van der Waals surface area contributed by atoms with Gasteiger partial charge in [0.05, 0.1) is 5.02 Å². The van der Waals surface area contributed by atoms with Crippen molar-refractivity contribution in [1.29, 1.82) is 0 Å². The molecule has 0 unspecified atom stereocenters. The third-order valence-electron chi connectivity index (χ3n) is 4.68. The zero-order valence-corrected chi connectivity index (χ0v) is 15.1. The van der Waals surface area contributed by atoms with Gasteiger partial charge < -0.3 is 15.1 Å². The van der Waals surface area contributed by atoms with E-state index < -0.39 is 5.82 Å². The van der Waals surface area contributed by atoms with Gasteiger partial charge in [-0.05, 0) is 49.2 Å². The zero-order valence-electron chi connectivity index (χ0n) is 14.4. The highest BCUT2D eigenvalue weighted by atomic mass is 35.5. The second kappa shape index (κ2) is 7.31. The standard InChI is InChI=1S/C19H21ClFN3O/c1-13-4-3-5-18(14(13)2)22-19(25)24-10-8-23(9-11-24)15-6-7-17(21)16(20)12-15/h3-7,12H,8-11H2,1-2H3,(H,22,25). The first-order valence-electron chi connectivity index (χ1n) is 8.28. The minimum atomic E-state index is -0.419. The molecule has 6 heteroatoms. The van der Waals surface area contributed by atoms with E-state index in [1.807, 2.05) is 32.0 Å². The van der Waals surface area contributed by atoms with Gasteiger partial charge in [-0.3, -0.25) is 0 Å². The summed E-state index contributed by atoms with van der Waals surface area (Å²) in [7, 11) is 0. The van der Waals surface area contributed by atoms with Crippen molar-refractivity contribution in [1.82, 2.24) is 4.90 Å². The summed E-state index contributed by atoms with van der Waals surface area (Å²) in [6, 6.07) is 10.5. The van der Waals surface area contributed by atoms with E-state index in [2.05, 4.69) is 10.2 Å². The molecule has 0 saturated carbocycles. The largest absolute Gasteiger partial charge is 0.368 e. The van der Waals surface area contributed by atoms with E-state index in [-0.39, 0.29) is 11.1 Å². The number of nitrogens with zero attached hydrogens (tertiary/aromatic N) is 2. The van der Waals surface area contributed by atoms with E-state index in [0.29, 0.717) is 26.2 Å². The highest BCUT2D eigenvalue weighted by Crippen LogP contribution is 2.24. The molecule has 132 valence electrons. The van der Waals surface area contributed by atoms with Gasteiger partial charge >= 0.3 is 6.03 Å². The van der Waals surface area contributed by atoms with Crippen LogP contribution in [0.25, 0.3) is 0 Å². The van der Waals surface area contributed by atoms with Gasteiger partial charge in [0.1, 0.15) is 5.82 Å². The number of piperazine rings is 1. The molecule has 1 aliphatic heterocycles. The van der Waals surface area contributed by atoms with Crippen LogP contribution in [0.5, 0.6) is 0 Å². The average molecular weight is 362 g/mol. The molecular formula is C19H21ClFN3O. The van der Waals surface area contributed by atoms with Gasteiger partial charge in [0.15, 0.2) is 0 Å². The highest BCUT2D eigenvalue weighted by Gasteiger charge is 2.22. The molecular weight excluding hydrogens is 341 g/mol. The Bertz CT molecular complexity index is 788. The van der Waals surface area contributed by atoms with Gasteiger partial charge in [0.2, 0.25) is 0 Å². The summed E-state index contributed by atoms with van der Waals surface area (Å²) in [6.45, 7) is 6.60. The molecule has 1 heterocycles. The second-order valence-electron chi connectivity index (χ2n) is 6.25. The maximum atomic E-state index is 13.3. The molecule has 1 N–H and O–H groups in total. The van der Waals surface area contributed by atoms with E-state index in [1.54, 1.807) is 17.0 Å². The zero-order chi connectivity index (χ0) is 18.0. The number of hydrogen-bond donors (Lipinski definition) is 1. The monoisotopic (exact) mass is 361 g/mol. The molecule has 1 aliphatic rings. The lowest BCUT2D eigenvalue weighted by Crippen LogP contribution is -2.50. The van der Waals surface area contributed by atoms with E-state index in [0.717, 1.165) is 22.5 Å². The number of benzene rings is 2. The number of carbonyl (C=O) groups excluding carboxylic acids is 1. The van der Waals surface area contributed by atoms with E-state index in [1.165, 1.54) is 6.07 Å². The van der Waals surface area contributed by atoms with Crippen LogP contribution in [-0.4, -0.2) is 37.1 Å². The first-order valence-corrected chi connectivity index (χ1v) is 8.65. The SMILES string of the molecule is Cc1cccc(NC(=O)N2CCN(c3ccc(F)c(Cl)c3)CC2)c1C. The summed E-state index contributed by atoms with van der Waals surface area (Å²) >= 11 is 5.85. The molecule has 0 aliphatic carbocycles. The Morgan fingerprint density at radius 2 is 1.84 bits per heavy atom. The first-order chi connectivity index (χ1) is 12.0. The maximum Gasteiger partial charge on any atom is 0.321 e. The third kappa shape index (κ3) is 3.87. The summed E-state index contributed by atoms with van der Waals surface area (Å²) < 4.78 is 13.3. The lowest BCUT2D eigenvalue weighted by Gasteiger charge is -2.36. The van der Waals surface area contributed by atoms with Crippen molar-refractivity contribution in [3.63, 3.8) is 0 Å². The molecule has 0 spiro atoms. The third-order valence-corrected chi connectivity index (χ3v) is 4.97. The van der Waals surface area contributed by atoms with Crippen LogP contribution < -0.4 is 10.2 Å². The van der Waals surface area contributed by atoms with Crippen molar-refractivity contribution >= 4 is 29.0 Å². The normalized spacial score (nSPS) is 14.6. The molecule has 0 atom stereocenters. The van der Waals surface area contributed by atoms with Gasteiger partial charge in [-0.25, -0.2) is 9.18 Å². The Morgan fingerprint density at radius 3 is 2.52 bits per heavy atom. The Morgan fingerprint density at radius 1 is 1.12 bits per heavy atom.